The molecule has 0 aliphatic rings. The number of amides is 2. The SMILES string of the molecule is Cc1ccc(OCC(=O)NCCNC(=O)C(C)Oc2ccc(O)cc2)cc1. The maximum Gasteiger partial charge on any atom is 0.260 e. The first-order chi connectivity index (χ1) is 12.9. The highest BCUT2D eigenvalue weighted by molar-refractivity contribution is 5.81. The quantitative estimate of drug-likeness (QED) is 0.583. The number of rotatable bonds is 9. The van der Waals surface area contributed by atoms with Crippen LogP contribution in [0, 0.1) is 6.92 Å². The highest BCUT2D eigenvalue weighted by atomic mass is 16.5. The fourth-order valence-corrected chi connectivity index (χ4v) is 2.15. The number of ether oxygens (including phenoxy) is 2. The number of hydrogen-bond donors (Lipinski definition) is 3. The van der Waals surface area contributed by atoms with Gasteiger partial charge in [-0.05, 0) is 50.2 Å². The molecular weight excluding hydrogens is 348 g/mol. The summed E-state index contributed by atoms with van der Waals surface area (Å²) >= 11 is 0. The summed E-state index contributed by atoms with van der Waals surface area (Å²) in [5.41, 5.74) is 1.12. The summed E-state index contributed by atoms with van der Waals surface area (Å²) in [5, 5.41) is 14.6. The zero-order valence-corrected chi connectivity index (χ0v) is 15.4. The smallest absolute Gasteiger partial charge is 0.260 e. The molecule has 2 rings (SSSR count). The number of phenols is 1. The van der Waals surface area contributed by atoms with Crippen LogP contribution in [0.4, 0.5) is 0 Å². The first kappa shape index (κ1) is 20.1. The largest absolute Gasteiger partial charge is 0.508 e. The van der Waals surface area contributed by atoms with Gasteiger partial charge >= 0.3 is 0 Å². The van der Waals surface area contributed by atoms with Crippen molar-refractivity contribution in [1.29, 1.82) is 0 Å². The van der Waals surface area contributed by atoms with E-state index in [9.17, 15) is 14.7 Å². The van der Waals surface area contributed by atoms with Crippen molar-refractivity contribution >= 4 is 11.8 Å². The van der Waals surface area contributed by atoms with Crippen molar-refractivity contribution in [3.8, 4) is 17.2 Å². The fraction of sp³-hybridized carbons (Fsp3) is 0.300. The van der Waals surface area contributed by atoms with Crippen LogP contribution in [-0.4, -0.2) is 42.7 Å². The van der Waals surface area contributed by atoms with E-state index in [0.29, 0.717) is 11.5 Å². The summed E-state index contributed by atoms with van der Waals surface area (Å²) in [7, 11) is 0. The summed E-state index contributed by atoms with van der Waals surface area (Å²) in [6, 6.07) is 13.5. The molecule has 0 aliphatic carbocycles. The number of phenolic OH excluding ortho intramolecular Hbond substituents is 1. The summed E-state index contributed by atoms with van der Waals surface area (Å²) in [6.45, 7) is 4.07. The summed E-state index contributed by atoms with van der Waals surface area (Å²) in [6.07, 6.45) is -0.699. The van der Waals surface area contributed by atoms with Gasteiger partial charge < -0.3 is 25.2 Å². The Morgan fingerprint density at radius 3 is 2.22 bits per heavy atom. The third-order valence-corrected chi connectivity index (χ3v) is 3.66. The van der Waals surface area contributed by atoms with Gasteiger partial charge in [0, 0.05) is 13.1 Å². The van der Waals surface area contributed by atoms with E-state index >= 15 is 0 Å². The number of carbonyl (C=O) groups is 2. The van der Waals surface area contributed by atoms with Crippen molar-refractivity contribution in [1.82, 2.24) is 10.6 Å². The average Bonchev–Trinajstić information content (AvgIpc) is 2.66. The second-order valence-corrected chi connectivity index (χ2v) is 6.00. The van der Waals surface area contributed by atoms with E-state index in [2.05, 4.69) is 10.6 Å². The van der Waals surface area contributed by atoms with E-state index < -0.39 is 6.10 Å². The Kier molecular flexibility index (Phi) is 7.49. The van der Waals surface area contributed by atoms with Crippen LogP contribution in [-0.2, 0) is 9.59 Å². The van der Waals surface area contributed by atoms with Crippen molar-refractivity contribution in [3.05, 3.63) is 54.1 Å². The molecule has 27 heavy (non-hydrogen) atoms. The van der Waals surface area contributed by atoms with Gasteiger partial charge in [-0.15, -0.1) is 0 Å². The van der Waals surface area contributed by atoms with E-state index in [-0.39, 0.29) is 37.3 Å². The molecule has 0 spiro atoms. The Bertz CT molecular complexity index is 744. The highest BCUT2D eigenvalue weighted by Crippen LogP contribution is 2.17. The molecule has 144 valence electrons. The van der Waals surface area contributed by atoms with Crippen LogP contribution in [0.25, 0.3) is 0 Å². The normalized spacial score (nSPS) is 11.3. The van der Waals surface area contributed by atoms with Crippen LogP contribution in [0.15, 0.2) is 48.5 Å². The van der Waals surface area contributed by atoms with Crippen molar-refractivity contribution in [3.63, 3.8) is 0 Å². The molecule has 0 radical (unpaired) electrons. The van der Waals surface area contributed by atoms with Crippen LogP contribution in [0.1, 0.15) is 12.5 Å². The van der Waals surface area contributed by atoms with Crippen molar-refractivity contribution in [2.75, 3.05) is 19.7 Å². The standard InChI is InChI=1S/C20H24N2O5/c1-14-3-7-17(8-4-14)26-13-19(24)21-11-12-22-20(25)15(2)27-18-9-5-16(23)6-10-18/h3-10,15,23H,11-13H2,1-2H3,(H,21,24)(H,22,25). The Morgan fingerprint density at radius 2 is 1.56 bits per heavy atom. The second kappa shape index (κ2) is 10.1. The van der Waals surface area contributed by atoms with Crippen LogP contribution in [0.5, 0.6) is 17.2 Å². The molecule has 7 heteroatoms. The van der Waals surface area contributed by atoms with Gasteiger partial charge in [-0.3, -0.25) is 9.59 Å². The molecule has 2 aromatic rings. The molecule has 0 bridgehead atoms. The summed E-state index contributed by atoms with van der Waals surface area (Å²) < 4.78 is 10.9. The number of benzene rings is 2. The molecule has 7 nitrogen and oxygen atoms in total. The molecule has 3 N–H and O–H groups in total. The lowest BCUT2D eigenvalue weighted by molar-refractivity contribution is -0.127. The van der Waals surface area contributed by atoms with E-state index in [1.54, 1.807) is 31.2 Å². The zero-order valence-electron chi connectivity index (χ0n) is 15.4. The fourth-order valence-electron chi connectivity index (χ4n) is 2.15. The Hall–Kier alpha value is -3.22. The molecule has 0 saturated carbocycles. The van der Waals surface area contributed by atoms with Gasteiger partial charge in [0.05, 0.1) is 0 Å². The Labute approximate surface area is 158 Å². The van der Waals surface area contributed by atoms with Crippen molar-refractivity contribution < 1.29 is 24.2 Å². The van der Waals surface area contributed by atoms with E-state index in [0.717, 1.165) is 5.56 Å². The topological polar surface area (TPSA) is 96.9 Å². The number of carbonyl (C=O) groups excluding carboxylic acids is 2. The molecule has 1 unspecified atom stereocenters. The monoisotopic (exact) mass is 372 g/mol. The molecular formula is C20H24N2O5. The molecule has 2 amide bonds. The Balaban J connectivity index is 1.60. The molecule has 0 fully saturated rings. The van der Waals surface area contributed by atoms with E-state index in [4.69, 9.17) is 9.47 Å². The molecule has 2 aromatic carbocycles. The lowest BCUT2D eigenvalue weighted by Crippen LogP contribution is -2.41. The van der Waals surface area contributed by atoms with Crippen LogP contribution in [0.2, 0.25) is 0 Å². The summed E-state index contributed by atoms with van der Waals surface area (Å²) in [5.74, 6) is 0.675. The predicted molar refractivity (Wildman–Crippen MR) is 101 cm³/mol. The second-order valence-electron chi connectivity index (χ2n) is 6.00. The first-order valence-electron chi connectivity index (χ1n) is 8.63. The van der Waals surface area contributed by atoms with Gasteiger partial charge in [-0.25, -0.2) is 0 Å². The van der Waals surface area contributed by atoms with Crippen molar-refractivity contribution in [2.24, 2.45) is 0 Å². The zero-order chi connectivity index (χ0) is 19.6. The molecule has 1 atom stereocenters. The van der Waals surface area contributed by atoms with Gasteiger partial charge in [0.15, 0.2) is 12.7 Å². The molecule has 0 saturated heterocycles. The average molecular weight is 372 g/mol. The molecule has 0 heterocycles. The van der Waals surface area contributed by atoms with E-state index in [1.807, 2.05) is 19.1 Å². The Morgan fingerprint density at radius 1 is 0.963 bits per heavy atom. The number of hydrogen-bond acceptors (Lipinski definition) is 5. The van der Waals surface area contributed by atoms with Crippen LogP contribution >= 0.6 is 0 Å². The first-order valence-corrected chi connectivity index (χ1v) is 8.63. The van der Waals surface area contributed by atoms with Gasteiger partial charge in [0.2, 0.25) is 0 Å². The number of aryl methyl sites for hydroxylation is 1. The lowest BCUT2D eigenvalue weighted by Gasteiger charge is -2.15. The number of nitrogens with one attached hydrogen (secondary N) is 2. The number of aromatic hydroxyl groups is 1. The maximum absolute atomic E-state index is 12.0. The van der Waals surface area contributed by atoms with Gasteiger partial charge in [0.1, 0.15) is 17.2 Å². The van der Waals surface area contributed by atoms with Gasteiger partial charge in [0.25, 0.3) is 11.8 Å². The van der Waals surface area contributed by atoms with Crippen LogP contribution in [0.3, 0.4) is 0 Å². The predicted octanol–water partition coefficient (Wildman–Crippen LogP) is 1.78. The maximum atomic E-state index is 12.0. The minimum absolute atomic E-state index is 0.0859. The third-order valence-electron chi connectivity index (χ3n) is 3.66. The third kappa shape index (κ3) is 7.27. The summed E-state index contributed by atoms with van der Waals surface area (Å²) in [4.78, 5) is 23.7. The van der Waals surface area contributed by atoms with Crippen molar-refractivity contribution in [2.45, 2.75) is 20.0 Å². The highest BCUT2D eigenvalue weighted by Gasteiger charge is 2.14. The van der Waals surface area contributed by atoms with Gasteiger partial charge in [-0.2, -0.15) is 0 Å². The lowest BCUT2D eigenvalue weighted by atomic mass is 10.2. The van der Waals surface area contributed by atoms with Crippen LogP contribution < -0.4 is 20.1 Å². The van der Waals surface area contributed by atoms with Gasteiger partial charge in [-0.1, -0.05) is 17.7 Å². The minimum atomic E-state index is -0.699. The van der Waals surface area contributed by atoms with E-state index in [1.165, 1.54) is 12.1 Å². The molecule has 0 aliphatic heterocycles. The molecule has 0 aromatic heterocycles. The minimum Gasteiger partial charge on any atom is -0.508 e.